The highest BCUT2D eigenvalue weighted by Crippen LogP contribution is 2.38. The summed E-state index contributed by atoms with van der Waals surface area (Å²) in [5, 5.41) is 3.67. The summed E-state index contributed by atoms with van der Waals surface area (Å²) in [7, 11) is 0. The van der Waals surface area contributed by atoms with Gasteiger partial charge in [-0.05, 0) is 30.7 Å². The van der Waals surface area contributed by atoms with Gasteiger partial charge in [-0.15, -0.1) is 0 Å². The molecule has 1 aliphatic heterocycles. The molecule has 0 bridgehead atoms. The molecule has 116 valence electrons. The topological polar surface area (TPSA) is 15.3 Å². The van der Waals surface area contributed by atoms with E-state index < -0.39 is 0 Å². The Morgan fingerprint density at radius 1 is 1.14 bits per heavy atom. The lowest BCUT2D eigenvalue weighted by Crippen LogP contribution is -2.53. The van der Waals surface area contributed by atoms with Gasteiger partial charge in [0.2, 0.25) is 0 Å². The van der Waals surface area contributed by atoms with Crippen molar-refractivity contribution in [2.24, 2.45) is 5.41 Å². The second-order valence-electron chi connectivity index (χ2n) is 7.54. The van der Waals surface area contributed by atoms with Crippen LogP contribution in [0.4, 0.5) is 0 Å². The third-order valence-corrected chi connectivity index (χ3v) is 5.44. The van der Waals surface area contributed by atoms with Crippen molar-refractivity contribution in [1.29, 1.82) is 0 Å². The molecular weight excluding hydrogens is 256 g/mol. The molecule has 2 aliphatic rings. The Bertz CT molecular complexity index is 436. The van der Waals surface area contributed by atoms with Crippen molar-refractivity contribution in [1.82, 2.24) is 10.2 Å². The minimum Gasteiger partial charge on any atom is -0.311 e. The van der Waals surface area contributed by atoms with E-state index in [0.717, 1.165) is 6.54 Å². The molecule has 0 amide bonds. The largest absolute Gasteiger partial charge is 0.311 e. The molecule has 2 fully saturated rings. The molecule has 1 aliphatic carbocycles. The molecule has 1 heterocycles. The van der Waals surface area contributed by atoms with Crippen LogP contribution in [0, 0.1) is 5.41 Å². The van der Waals surface area contributed by atoms with Crippen molar-refractivity contribution < 1.29 is 0 Å². The van der Waals surface area contributed by atoms with Crippen LogP contribution in [0.5, 0.6) is 0 Å². The van der Waals surface area contributed by atoms with Gasteiger partial charge < -0.3 is 5.32 Å². The predicted molar refractivity (Wildman–Crippen MR) is 89.4 cm³/mol. The summed E-state index contributed by atoms with van der Waals surface area (Å²) in [4.78, 5) is 2.75. The SMILES string of the molecule is CC1CN(CC2(C)CCCCC2)C(c2ccccc2)CN1. The van der Waals surface area contributed by atoms with Crippen LogP contribution >= 0.6 is 0 Å². The minimum absolute atomic E-state index is 0.530. The first-order valence-electron chi connectivity index (χ1n) is 8.69. The van der Waals surface area contributed by atoms with Crippen LogP contribution in [0.2, 0.25) is 0 Å². The molecule has 2 atom stereocenters. The van der Waals surface area contributed by atoms with E-state index in [9.17, 15) is 0 Å². The van der Waals surface area contributed by atoms with Crippen LogP contribution in [-0.2, 0) is 0 Å². The first kappa shape index (κ1) is 15.1. The summed E-state index contributed by atoms with van der Waals surface area (Å²) in [5.41, 5.74) is 2.00. The van der Waals surface area contributed by atoms with E-state index in [-0.39, 0.29) is 0 Å². The van der Waals surface area contributed by atoms with E-state index in [1.165, 1.54) is 50.8 Å². The maximum absolute atomic E-state index is 3.67. The molecule has 1 N–H and O–H groups in total. The van der Waals surface area contributed by atoms with Crippen LogP contribution in [0.3, 0.4) is 0 Å². The van der Waals surface area contributed by atoms with Crippen LogP contribution < -0.4 is 5.32 Å². The fraction of sp³-hybridized carbons (Fsp3) is 0.684. The Kier molecular flexibility index (Phi) is 4.66. The van der Waals surface area contributed by atoms with E-state index in [2.05, 4.69) is 54.4 Å². The van der Waals surface area contributed by atoms with Crippen molar-refractivity contribution in [3.8, 4) is 0 Å². The summed E-state index contributed by atoms with van der Waals surface area (Å²) < 4.78 is 0. The minimum atomic E-state index is 0.530. The number of benzene rings is 1. The molecule has 0 spiro atoms. The Hall–Kier alpha value is -0.860. The number of piperazine rings is 1. The van der Waals surface area contributed by atoms with Gasteiger partial charge >= 0.3 is 0 Å². The van der Waals surface area contributed by atoms with Gasteiger partial charge in [0, 0.05) is 31.7 Å². The van der Waals surface area contributed by atoms with Crippen LogP contribution in [0.1, 0.15) is 57.6 Å². The number of hydrogen-bond donors (Lipinski definition) is 1. The van der Waals surface area contributed by atoms with Crippen molar-refractivity contribution in [3.05, 3.63) is 35.9 Å². The normalized spacial score (nSPS) is 30.2. The molecular formula is C19H30N2. The summed E-state index contributed by atoms with van der Waals surface area (Å²) >= 11 is 0. The molecule has 0 aromatic heterocycles. The highest BCUT2D eigenvalue weighted by atomic mass is 15.2. The first-order chi connectivity index (χ1) is 10.2. The average molecular weight is 286 g/mol. The van der Waals surface area contributed by atoms with E-state index >= 15 is 0 Å². The Balaban J connectivity index is 1.75. The zero-order valence-corrected chi connectivity index (χ0v) is 13.6. The summed E-state index contributed by atoms with van der Waals surface area (Å²) in [5.74, 6) is 0. The van der Waals surface area contributed by atoms with Gasteiger partial charge in [-0.25, -0.2) is 0 Å². The number of hydrogen-bond acceptors (Lipinski definition) is 2. The van der Waals surface area contributed by atoms with E-state index in [1.54, 1.807) is 0 Å². The van der Waals surface area contributed by atoms with Crippen LogP contribution in [-0.4, -0.2) is 30.6 Å². The lowest BCUT2D eigenvalue weighted by atomic mass is 9.75. The first-order valence-corrected chi connectivity index (χ1v) is 8.69. The van der Waals surface area contributed by atoms with Gasteiger partial charge in [-0.1, -0.05) is 56.5 Å². The van der Waals surface area contributed by atoms with Gasteiger partial charge in [-0.3, -0.25) is 4.90 Å². The zero-order valence-electron chi connectivity index (χ0n) is 13.6. The van der Waals surface area contributed by atoms with E-state index in [0.29, 0.717) is 17.5 Å². The molecule has 21 heavy (non-hydrogen) atoms. The number of rotatable bonds is 3. The maximum Gasteiger partial charge on any atom is 0.0473 e. The van der Waals surface area contributed by atoms with Crippen molar-refractivity contribution in [3.63, 3.8) is 0 Å². The van der Waals surface area contributed by atoms with Gasteiger partial charge in [0.1, 0.15) is 0 Å². The molecule has 3 rings (SSSR count). The smallest absolute Gasteiger partial charge is 0.0473 e. The average Bonchev–Trinajstić information content (AvgIpc) is 2.48. The van der Waals surface area contributed by atoms with Gasteiger partial charge in [-0.2, -0.15) is 0 Å². The third kappa shape index (κ3) is 3.67. The fourth-order valence-electron chi connectivity index (χ4n) is 4.22. The Labute approximate surface area is 129 Å². The van der Waals surface area contributed by atoms with Gasteiger partial charge in [0.25, 0.3) is 0 Å². The molecule has 1 saturated carbocycles. The highest BCUT2D eigenvalue weighted by Gasteiger charge is 2.34. The highest BCUT2D eigenvalue weighted by molar-refractivity contribution is 5.20. The summed E-state index contributed by atoms with van der Waals surface area (Å²) in [6.07, 6.45) is 7.11. The van der Waals surface area contributed by atoms with Crippen LogP contribution in [0.15, 0.2) is 30.3 Å². The summed E-state index contributed by atoms with van der Waals surface area (Å²) in [6, 6.07) is 12.2. The number of nitrogens with zero attached hydrogens (tertiary/aromatic N) is 1. The Morgan fingerprint density at radius 3 is 2.57 bits per heavy atom. The fourth-order valence-corrected chi connectivity index (χ4v) is 4.22. The van der Waals surface area contributed by atoms with E-state index in [1.807, 2.05) is 0 Å². The monoisotopic (exact) mass is 286 g/mol. The second-order valence-corrected chi connectivity index (χ2v) is 7.54. The lowest BCUT2D eigenvalue weighted by molar-refractivity contribution is 0.0602. The van der Waals surface area contributed by atoms with Gasteiger partial charge in [0.15, 0.2) is 0 Å². The van der Waals surface area contributed by atoms with Gasteiger partial charge in [0.05, 0.1) is 0 Å². The quantitative estimate of drug-likeness (QED) is 0.904. The Morgan fingerprint density at radius 2 is 1.86 bits per heavy atom. The predicted octanol–water partition coefficient (Wildman–Crippen LogP) is 3.99. The third-order valence-electron chi connectivity index (χ3n) is 5.44. The molecule has 1 aromatic carbocycles. The van der Waals surface area contributed by atoms with Crippen LogP contribution in [0.25, 0.3) is 0 Å². The standard InChI is InChI=1S/C19H30N2/c1-16-14-21(15-19(2)11-7-4-8-12-19)18(13-20-16)17-9-5-3-6-10-17/h3,5-6,9-10,16,18,20H,4,7-8,11-15H2,1-2H3. The molecule has 0 radical (unpaired) electrons. The lowest BCUT2D eigenvalue weighted by Gasteiger charge is -2.45. The molecule has 1 aromatic rings. The molecule has 2 heteroatoms. The van der Waals surface area contributed by atoms with Crippen molar-refractivity contribution in [2.45, 2.75) is 58.0 Å². The number of nitrogens with one attached hydrogen (secondary N) is 1. The van der Waals surface area contributed by atoms with Crippen molar-refractivity contribution in [2.75, 3.05) is 19.6 Å². The molecule has 1 saturated heterocycles. The summed E-state index contributed by atoms with van der Waals surface area (Å²) in [6.45, 7) is 8.35. The second kappa shape index (κ2) is 6.50. The maximum atomic E-state index is 3.67. The van der Waals surface area contributed by atoms with E-state index in [4.69, 9.17) is 0 Å². The van der Waals surface area contributed by atoms with Crippen molar-refractivity contribution >= 4 is 0 Å². The zero-order chi connectivity index (χ0) is 14.7. The molecule has 2 unspecified atom stereocenters. The molecule has 2 nitrogen and oxygen atoms in total.